The first-order valence-electron chi connectivity index (χ1n) is 9.49. The quantitative estimate of drug-likeness (QED) is 0.321. The van der Waals surface area contributed by atoms with Crippen LogP contribution in [0.3, 0.4) is 0 Å². The molecule has 8 heteroatoms. The number of nitrogens with zero attached hydrogens (tertiary/aromatic N) is 2. The standard InChI is InChI=1S/C24H16Cl2FN3O2/c1-31-18-6-7-21-22(11-18)30-24(29-21)16(12-28)8-15-9-19(25)23(20(26)10-15)32-13-14-2-4-17(27)5-3-14/h2-11H,13H2,1H3,(H,29,30)/b16-8-. The molecule has 0 unspecified atom stereocenters. The van der Waals surface area contributed by atoms with Crippen molar-refractivity contribution in [2.45, 2.75) is 6.61 Å². The van der Waals surface area contributed by atoms with Gasteiger partial charge in [-0.3, -0.25) is 0 Å². The molecule has 0 spiro atoms. The number of rotatable bonds is 6. The van der Waals surface area contributed by atoms with Gasteiger partial charge in [-0.15, -0.1) is 0 Å². The Bertz CT molecular complexity index is 1340. The highest BCUT2D eigenvalue weighted by atomic mass is 35.5. The highest BCUT2D eigenvalue weighted by molar-refractivity contribution is 6.37. The summed E-state index contributed by atoms with van der Waals surface area (Å²) in [7, 11) is 1.58. The Labute approximate surface area is 193 Å². The van der Waals surface area contributed by atoms with E-state index < -0.39 is 0 Å². The maximum atomic E-state index is 13.0. The Kier molecular flexibility index (Phi) is 6.31. The van der Waals surface area contributed by atoms with E-state index in [4.69, 9.17) is 32.7 Å². The van der Waals surface area contributed by atoms with Gasteiger partial charge in [0.25, 0.3) is 0 Å². The van der Waals surface area contributed by atoms with Crippen LogP contribution in [-0.2, 0) is 6.61 Å². The normalized spacial score (nSPS) is 11.4. The van der Waals surface area contributed by atoms with E-state index in [1.165, 1.54) is 12.1 Å². The van der Waals surface area contributed by atoms with Crippen LogP contribution in [0.1, 0.15) is 17.0 Å². The summed E-state index contributed by atoms with van der Waals surface area (Å²) < 4.78 is 24.0. The van der Waals surface area contributed by atoms with Crippen LogP contribution in [0.4, 0.5) is 4.39 Å². The molecule has 1 heterocycles. The minimum absolute atomic E-state index is 0.181. The molecular weight excluding hydrogens is 452 g/mol. The highest BCUT2D eigenvalue weighted by Gasteiger charge is 2.13. The maximum absolute atomic E-state index is 13.0. The molecule has 1 aromatic heterocycles. The summed E-state index contributed by atoms with van der Waals surface area (Å²) in [5.41, 5.74) is 3.16. The fraction of sp³-hybridized carbons (Fsp3) is 0.0833. The summed E-state index contributed by atoms with van der Waals surface area (Å²) in [4.78, 5) is 7.59. The second kappa shape index (κ2) is 9.31. The molecule has 32 heavy (non-hydrogen) atoms. The van der Waals surface area contributed by atoms with Gasteiger partial charge in [-0.2, -0.15) is 5.26 Å². The van der Waals surface area contributed by atoms with Crippen molar-refractivity contribution in [1.29, 1.82) is 5.26 Å². The zero-order chi connectivity index (χ0) is 22.7. The number of fused-ring (bicyclic) bond motifs is 1. The second-order valence-corrected chi connectivity index (χ2v) is 7.68. The summed E-state index contributed by atoms with van der Waals surface area (Å²) in [5.74, 6) is 1.09. The van der Waals surface area contributed by atoms with E-state index in [-0.39, 0.29) is 22.5 Å². The number of benzene rings is 3. The molecule has 5 nitrogen and oxygen atoms in total. The third-order valence-corrected chi connectivity index (χ3v) is 5.25. The molecular formula is C24H16Cl2FN3O2. The Balaban J connectivity index is 1.60. The molecule has 1 N–H and O–H groups in total. The van der Waals surface area contributed by atoms with E-state index in [0.717, 1.165) is 11.1 Å². The molecule has 4 aromatic rings. The van der Waals surface area contributed by atoms with Crippen LogP contribution in [0, 0.1) is 17.1 Å². The maximum Gasteiger partial charge on any atom is 0.157 e. The molecule has 4 rings (SSSR count). The number of H-pyrrole nitrogens is 1. The van der Waals surface area contributed by atoms with Gasteiger partial charge in [-0.25, -0.2) is 9.37 Å². The number of ether oxygens (including phenoxy) is 2. The smallest absolute Gasteiger partial charge is 0.157 e. The fourth-order valence-corrected chi connectivity index (χ4v) is 3.71. The molecule has 0 amide bonds. The molecule has 0 radical (unpaired) electrons. The van der Waals surface area contributed by atoms with Gasteiger partial charge in [-0.05, 0) is 53.6 Å². The van der Waals surface area contributed by atoms with Crippen molar-refractivity contribution in [3.8, 4) is 17.6 Å². The van der Waals surface area contributed by atoms with Crippen LogP contribution < -0.4 is 9.47 Å². The third kappa shape index (κ3) is 4.70. The summed E-state index contributed by atoms with van der Waals surface area (Å²) >= 11 is 12.8. The Morgan fingerprint density at radius 2 is 1.84 bits per heavy atom. The van der Waals surface area contributed by atoms with Crippen molar-refractivity contribution in [2.24, 2.45) is 0 Å². The van der Waals surface area contributed by atoms with Gasteiger partial charge in [-0.1, -0.05) is 35.3 Å². The van der Waals surface area contributed by atoms with Gasteiger partial charge in [0.1, 0.15) is 30.1 Å². The van der Waals surface area contributed by atoms with E-state index in [0.29, 0.717) is 34.0 Å². The minimum atomic E-state index is -0.321. The zero-order valence-corrected chi connectivity index (χ0v) is 18.3. The lowest BCUT2D eigenvalue weighted by atomic mass is 10.1. The predicted molar refractivity (Wildman–Crippen MR) is 123 cm³/mol. The first-order valence-corrected chi connectivity index (χ1v) is 10.2. The van der Waals surface area contributed by atoms with E-state index in [2.05, 4.69) is 16.0 Å². The molecule has 160 valence electrons. The Hall–Kier alpha value is -3.53. The molecule has 0 aliphatic heterocycles. The van der Waals surface area contributed by atoms with Crippen LogP contribution in [0.15, 0.2) is 54.6 Å². The Morgan fingerprint density at radius 3 is 2.50 bits per heavy atom. The van der Waals surface area contributed by atoms with Crippen LogP contribution >= 0.6 is 23.2 Å². The van der Waals surface area contributed by atoms with Crippen LogP contribution in [0.5, 0.6) is 11.5 Å². The summed E-state index contributed by atoms with van der Waals surface area (Å²) in [6, 6.07) is 16.8. The number of methoxy groups -OCH3 is 1. The molecule has 0 bridgehead atoms. The van der Waals surface area contributed by atoms with E-state index in [9.17, 15) is 9.65 Å². The number of aromatic nitrogens is 2. The average Bonchev–Trinajstić information content (AvgIpc) is 3.21. The van der Waals surface area contributed by atoms with Crippen molar-refractivity contribution >= 4 is 45.9 Å². The number of hydrogen-bond acceptors (Lipinski definition) is 4. The van der Waals surface area contributed by atoms with Crippen LogP contribution in [-0.4, -0.2) is 17.1 Å². The van der Waals surface area contributed by atoms with Crippen molar-refractivity contribution in [1.82, 2.24) is 9.97 Å². The van der Waals surface area contributed by atoms with Gasteiger partial charge in [0.15, 0.2) is 5.75 Å². The van der Waals surface area contributed by atoms with E-state index in [1.54, 1.807) is 43.5 Å². The number of nitrogens with one attached hydrogen (secondary N) is 1. The molecule has 0 saturated heterocycles. The number of aromatic amines is 1. The zero-order valence-electron chi connectivity index (χ0n) is 16.8. The molecule has 0 atom stereocenters. The summed E-state index contributed by atoms with van der Waals surface area (Å²) in [6.45, 7) is 0.181. The first-order chi connectivity index (χ1) is 15.5. The molecule has 0 aliphatic rings. The number of imidazole rings is 1. The monoisotopic (exact) mass is 467 g/mol. The SMILES string of the molecule is COc1ccc2nc(/C(C#N)=C\c3cc(Cl)c(OCc4ccc(F)cc4)c(Cl)c3)[nH]c2c1. The van der Waals surface area contributed by atoms with E-state index >= 15 is 0 Å². The van der Waals surface area contributed by atoms with Gasteiger partial charge in [0.05, 0.1) is 33.8 Å². The van der Waals surface area contributed by atoms with Crippen LogP contribution in [0.25, 0.3) is 22.7 Å². The lowest BCUT2D eigenvalue weighted by Gasteiger charge is -2.11. The lowest BCUT2D eigenvalue weighted by Crippen LogP contribution is -1.97. The second-order valence-electron chi connectivity index (χ2n) is 6.87. The average molecular weight is 468 g/mol. The molecule has 0 saturated carbocycles. The fourth-order valence-electron chi connectivity index (χ4n) is 3.10. The van der Waals surface area contributed by atoms with Crippen LogP contribution in [0.2, 0.25) is 10.0 Å². The van der Waals surface area contributed by atoms with Crippen molar-refractivity contribution in [3.05, 3.63) is 87.4 Å². The van der Waals surface area contributed by atoms with Crippen molar-refractivity contribution in [3.63, 3.8) is 0 Å². The summed E-state index contributed by atoms with van der Waals surface area (Å²) in [5, 5.41) is 10.2. The van der Waals surface area contributed by atoms with Gasteiger partial charge in [0.2, 0.25) is 0 Å². The van der Waals surface area contributed by atoms with Crippen molar-refractivity contribution < 1.29 is 13.9 Å². The lowest BCUT2D eigenvalue weighted by molar-refractivity contribution is 0.306. The molecule has 0 fully saturated rings. The minimum Gasteiger partial charge on any atom is -0.497 e. The van der Waals surface area contributed by atoms with Gasteiger partial charge < -0.3 is 14.5 Å². The van der Waals surface area contributed by atoms with Gasteiger partial charge >= 0.3 is 0 Å². The van der Waals surface area contributed by atoms with Crippen molar-refractivity contribution in [2.75, 3.05) is 7.11 Å². The number of halogens is 3. The first kappa shape index (κ1) is 21.7. The predicted octanol–water partition coefficient (Wildman–Crippen LogP) is 6.66. The highest BCUT2D eigenvalue weighted by Crippen LogP contribution is 2.36. The largest absolute Gasteiger partial charge is 0.497 e. The number of allylic oxidation sites excluding steroid dienone is 1. The van der Waals surface area contributed by atoms with Gasteiger partial charge in [0, 0.05) is 6.07 Å². The van der Waals surface area contributed by atoms with E-state index in [1.807, 2.05) is 12.1 Å². The summed E-state index contributed by atoms with van der Waals surface area (Å²) in [6.07, 6.45) is 1.64. The topological polar surface area (TPSA) is 70.9 Å². The number of nitriles is 1. The third-order valence-electron chi connectivity index (χ3n) is 4.69. The number of hydrogen-bond donors (Lipinski definition) is 1. The Morgan fingerprint density at radius 1 is 1.12 bits per heavy atom. The molecule has 0 aliphatic carbocycles. The molecule has 3 aromatic carbocycles.